The molecule has 0 fully saturated rings. The van der Waals surface area contributed by atoms with Crippen molar-refractivity contribution in [2.75, 3.05) is 11.1 Å². The first kappa shape index (κ1) is 22.8. The van der Waals surface area contributed by atoms with E-state index < -0.39 is 17.5 Å². The molecule has 0 aliphatic heterocycles. The molecule has 10 heteroatoms. The number of carbonyl (C=O) groups is 1. The Hall–Kier alpha value is -3.43. The van der Waals surface area contributed by atoms with E-state index in [-0.39, 0.29) is 18.0 Å². The van der Waals surface area contributed by atoms with E-state index >= 15 is 0 Å². The second-order valence-electron chi connectivity index (χ2n) is 6.75. The van der Waals surface area contributed by atoms with Crippen LogP contribution in [0.5, 0.6) is 5.75 Å². The summed E-state index contributed by atoms with van der Waals surface area (Å²) in [6.45, 7) is 0.0964. The summed E-state index contributed by atoms with van der Waals surface area (Å²) in [7, 11) is 0. The van der Waals surface area contributed by atoms with E-state index in [4.69, 9.17) is 16.3 Å². The molecule has 0 unspecified atom stereocenters. The highest BCUT2D eigenvalue weighted by Gasteiger charge is 2.17. The van der Waals surface area contributed by atoms with Crippen molar-refractivity contribution in [2.45, 2.75) is 11.8 Å². The van der Waals surface area contributed by atoms with Crippen LogP contribution in [-0.4, -0.2) is 26.4 Å². The average Bonchev–Trinajstić information content (AvgIpc) is 3.22. The largest absolute Gasteiger partial charge is 0.484 e. The van der Waals surface area contributed by atoms with Crippen LogP contribution in [0, 0.1) is 11.6 Å². The van der Waals surface area contributed by atoms with Crippen molar-refractivity contribution in [3.8, 4) is 11.4 Å². The van der Waals surface area contributed by atoms with Gasteiger partial charge < -0.3 is 10.1 Å². The Balaban J connectivity index is 1.50. The number of nitrogens with one attached hydrogen (secondary N) is 1. The number of rotatable bonds is 8. The number of hydrogen-bond acceptors (Lipinski definition) is 5. The molecule has 3 aromatic carbocycles. The van der Waals surface area contributed by atoms with E-state index in [0.29, 0.717) is 27.8 Å². The lowest BCUT2D eigenvalue weighted by atomic mass is 10.3. The van der Waals surface area contributed by atoms with E-state index in [0.717, 1.165) is 23.5 Å². The first-order valence-corrected chi connectivity index (χ1v) is 11.1. The van der Waals surface area contributed by atoms with E-state index in [1.807, 2.05) is 36.4 Å². The molecule has 0 aliphatic rings. The van der Waals surface area contributed by atoms with Gasteiger partial charge in [0.25, 0.3) is 0 Å². The molecular formula is C23H17ClF2N4O2S. The Morgan fingerprint density at radius 3 is 2.55 bits per heavy atom. The highest BCUT2D eigenvalue weighted by atomic mass is 35.5. The van der Waals surface area contributed by atoms with Gasteiger partial charge in [0, 0.05) is 11.8 Å². The van der Waals surface area contributed by atoms with Gasteiger partial charge in [0.2, 0.25) is 5.91 Å². The van der Waals surface area contributed by atoms with Crippen molar-refractivity contribution >= 4 is 35.0 Å². The van der Waals surface area contributed by atoms with Gasteiger partial charge in [-0.3, -0.25) is 9.36 Å². The van der Waals surface area contributed by atoms with Crippen molar-refractivity contribution in [1.29, 1.82) is 0 Å². The second kappa shape index (κ2) is 10.5. The third-order valence-corrected chi connectivity index (χ3v) is 5.69. The number of carbonyl (C=O) groups excluding carboxylic acids is 1. The summed E-state index contributed by atoms with van der Waals surface area (Å²) in [5.74, 6) is -1.08. The Morgan fingerprint density at radius 2 is 1.79 bits per heavy atom. The summed E-state index contributed by atoms with van der Waals surface area (Å²) in [6, 6.07) is 19.4. The topological polar surface area (TPSA) is 69.0 Å². The minimum atomic E-state index is -0.847. The molecule has 0 saturated carbocycles. The Bertz CT molecular complexity index is 1270. The Kier molecular flexibility index (Phi) is 7.21. The maximum atomic E-state index is 13.8. The van der Waals surface area contributed by atoms with Crippen molar-refractivity contribution in [3.63, 3.8) is 0 Å². The van der Waals surface area contributed by atoms with Crippen molar-refractivity contribution in [3.05, 3.63) is 95.3 Å². The number of halogens is 3. The van der Waals surface area contributed by atoms with Gasteiger partial charge in [0.15, 0.2) is 11.0 Å². The normalized spacial score (nSPS) is 10.8. The molecule has 0 saturated heterocycles. The standard InChI is InChI=1S/C23H17ClF2N4O2S/c24-17-8-4-5-9-20(17)32-13-21-28-29-23(30(21)16-6-2-1-3-7-16)33-14-22(31)27-19-11-10-15(25)12-18(19)26/h1-12H,13-14H2,(H,27,31). The number of thioether (sulfide) groups is 1. The first-order chi connectivity index (χ1) is 16.0. The molecule has 1 N–H and O–H groups in total. The lowest BCUT2D eigenvalue weighted by Gasteiger charge is -2.12. The molecule has 168 valence electrons. The van der Waals surface area contributed by atoms with Crippen LogP contribution < -0.4 is 10.1 Å². The summed E-state index contributed by atoms with van der Waals surface area (Å²) in [5, 5.41) is 11.8. The van der Waals surface area contributed by atoms with Gasteiger partial charge in [-0.1, -0.05) is 53.7 Å². The van der Waals surface area contributed by atoms with Crippen LogP contribution in [0.25, 0.3) is 5.69 Å². The van der Waals surface area contributed by atoms with Crippen LogP contribution >= 0.6 is 23.4 Å². The fourth-order valence-electron chi connectivity index (χ4n) is 2.94. The average molecular weight is 487 g/mol. The number of hydrogen-bond donors (Lipinski definition) is 1. The van der Waals surface area contributed by atoms with E-state index in [2.05, 4.69) is 15.5 Å². The number of amides is 1. The van der Waals surface area contributed by atoms with Crippen LogP contribution in [0.4, 0.5) is 14.5 Å². The minimum Gasteiger partial charge on any atom is -0.484 e. The summed E-state index contributed by atoms with van der Waals surface area (Å²) < 4.78 is 34.4. The van der Waals surface area contributed by atoms with Crippen LogP contribution in [0.2, 0.25) is 5.02 Å². The van der Waals surface area contributed by atoms with E-state index in [1.165, 1.54) is 6.07 Å². The monoisotopic (exact) mass is 486 g/mol. The van der Waals surface area contributed by atoms with Gasteiger partial charge >= 0.3 is 0 Å². The molecule has 4 aromatic rings. The lowest BCUT2D eigenvalue weighted by molar-refractivity contribution is -0.113. The molecule has 1 aromatic heterocycles. The molecular weight excluding hydrogens is 470 g/mol. The summed E-state index contributed by atoms with van der Waals surface area (Å²) >= 11 is 7.28. The smallest absolute Gasteiger partial charge is 0.234 e. The fourth-order valence-corrected chi connectivity index (χ4v) is 3.90. The Labute approximate surface area is 197 Å². The molecule has 0 bridgehead atoms. The van der Waals surface area contributed by atoms with Crippen LogP contribution in [-0.2, 0) is 11.4 Å². The van der Waals surface area contributed by atoms with Gasteiger partial charge in [0.1, 0.15) is 24.0 Å². The maximum absolute atomic E-state index is 13.8. The fraction of sp³-hybridized carbons (Fsp3) is 0.0870. The zero-order valence-electron chi connectivity index (χ0n) is 17.0. The molecule has 0 spiro atoms. The zero-order valence-corrected chi connectivity index (χ0v) is 18.6. The molecule has 0 radical (unpaired) electrons. The predicted octanol–water partition coefficient (Wildman–Crippen LogP) is 5.51. The lowest BCUT2D eigenvalue weighted by Crippen LogP contribution is -2.16. The number of nitrogens with zero attached hydrogens (tertiary/aromatic N) is 3. The number of aromatic nitrogens is 3. The number of ether oxygens (including phenoxy) is 1. The van der Waals surface area contributed by atoms with Gasteiger partial charge in [-0.2, -0.15) is 0 Å². The van der Waals surface area contributed by atoms with Crippen molar-refractivity contribution in [1.82, 2.24) is 14.8 Å². The molecule has 6 nitrogen and oxygen atoms in total. The van der Waals surface area contributed by atoms with Gasteiger partial charge in [-0.25, -0.2) is 8.78 Å². The predicted molar refractivity (Wildman–Crippen MR) is 123 cm³/mol. The van der Waals surface area contributed by atoms with E-state index in [1.54, 1.807) is 22.8 Å². The minimum absolute atomic E-state index is 0.0623. The first-order valence-electron chi connectivity index (χ1n) is 9.76. The second-order valence-corrected chi connectivity index (χ2v) is 8.10. The molecule has 1 heterocycles. The molecule has 33 heavy (non-hydrogen) atoms. The van der Waals surface area contributed by atoms with Crippen molar-refractivity contribution in [2.24, 2.45) is 0 Å². The molecule has 4 rings (SSSR count). The number of para-hydroxylation sites is 2. The Morgan fingerprint density at radius 1 is 1.03 bits per heavy atom. The van der Waals surface area contributed by atoms with Crippen molar-refractivity contribution < 1.29 is 18.3 Å². The van der Waals surface area contributed by atoms with Crippen LogP contribution in [0.1, 0.15) is 5.82 Å². The summed E-state index contributed by atoms with van der Waals surface area (Å²) in [4.78, 5) is 12.3. The number of benzene rings is 3. The summed E-state index contributed by atoms with van der Waals surface area (Å²) in [6.07, 6.45) is 0. The SMILES string of the molecule is O=C(CSc1nnc(COc2ccccc2Cl)n1-c1ccccc1)Nc1ccc(F)cc1F. The highest BCUT2D eigenvalue weighted by molar-refractivity contribution is 7.99. The highest BCUT2D eigenvalue weighted by Crippen LogP contribution is 2.26. The van der Waals surface area contributed by atoms with Crippen LogP contribution in [0.3, 0.4) is 0 Å². The van der Waals surface area contributed by atoms with Gasteiger partial charge in [-0.15, -0.1) is 10.2 Å². The van der Waals surface area contributed by atoms with Crippen LogP contribution in [0.15, 0.2) is 78.0 Å². The zero-order chi connectivity index (χ0) is 23.2. The molecule has 0 atom stereocenters. The van der Waals surface area contributed by atoms with E-state index in [9.17, 15) is 13.6 Å². The molecule has 0 aliphatic carbocycles. The number of anilines is 1. The third kappa shape index (κ3) is 5.68. The third-order valence-electron chi connectivity index (χ3n) is 4.45. The quantitative estimate of drug-likeness (QED) is 0.333. The van der Waals surface area contributed by atoms with Gasteiger partial charge in [-0.05, 0) is 36.4 Å². The molecule has 1 amide bonds. The maximum Gasteiger partial charge on any atom is 0.234 e. The summed E-state index contributed by atoms with van der Waals surface area (Å²) in [5.41, 5.74) is 0.688. The van der Waals surface area contributed by atoms with Gasteiger partial charge in [0.05, 0.1) is 16.5 Å².